The summed E-state index contributed by atoms with van der Waals surface area (Å²) >= 11 is 0. The second-order valence-corrected chi connectivity index (χ2v) is 6.92. The maximum absolute atomic E-state index is 12.6. The van der Waals surface area contributed by atoms with E-state index in [0.29, 0.717) is 11.1 Å². The van der Waals surface area contributed by atoms with Gasteiger partial charge in [-0.15, -0.1) is 0 Å². The third kappa shape index (κ3) is 3.97. The van der Waals surface area contributed by atoms with Crippen molar-refractivity contribution in [2.45, 2.75) is 20.0 Å². The summed E-state index contributed by atoms with van der Waals surface area (Å²) in [6.07, 6.45) is -0.475. The highest BCUT2D eigenvalue weighted by atomic mass is 32.2. The number of aliphatic hydroxyl groups excluding tert-OH is 1. The number of hydrogen-bond acceptors (Lipinski definition) is 5. The third-order valence-corrected chi connectivity index (χ3v) is 4.01. The molecule has 1 unspecified atom stereocenters. The molecule has 0 bridgehead atoms. The minimum atomic E-state index is -3.80. The van der Waals surface area contributed by atoms with Gasteiger partial charge in [-0.2, -0.15) is 8.42 Å². The highest BCUT2D eigenvalue weighted by Gasteiger charge is 2.25. The van der Waals surface area contributed by atoms with Crippen molar-refractivity contribution in [1.29, 1.82) is 0 Å². The average Bonchev–Trinajstić information content (AvgIpc) is 2.50. The molecule has 2 aromatic carbocycles. The topological polar surface area (TPSA) is 80.7 Å². The van der Waals surface area contributed by atoms with Gasteiger partial charge in [-0.05, 0) is 36.6 Å². The third-order valence-electron chi connectivity index (χ3n) is 3.54. The fraction of sp³-hybridized carbons (Fsp3) is 0.235. The lowest BCUT2D eigenvalue weighted by Crippen LogP contribution is -2.16. The standard InChI is InChI=1S/C17H18O5S/c1-11-9-10-14(17(12(11)2)22-23(3,20)21)16(19)15(18)13-7-5-4-6-8-13/h4-10,15,18H,1-3H3. The molecule has 0 heterocycles. The summed E-state index contributed by atoms with van der Waals surface area (Å²) in [5.41, 5.74) is 1.80. The van der Waals surface area contributed by atoms with Crippen LogP contribution in [0, 0.1) is 13.8 Å². The predicted octanol–water partition coefficient (Wildman–Crippen LogP) is 2.56. The highest BCUT2D eigenvalue weighted by Crippen LogP contribution is 2.31. The van der Waals surface area contributed by atoms with Crippen LogP contribution in [0.5, 0.6) is 5.75 Å². The first kappa shape index (κ1) is 17.2. The summed E-state index contributed by atoms with van der Waals surface area (Å²) in [6.45, 7) is 3.45. The molecule has 122 valence electrons. The van der Waals surface area contributed by atoms with Crippen LogP contribution >= 0.6 is 0 Å². The second-order valence-electron chi connectivity index (χ2n) is 5.35. The van der Waals surface area contributed by atoms with Crippen LogP contribution in [-0.2, 0) is 10.1 Å². The van der Waals surface area contributed by atoms with Crippen LogP contribution < -0.4 is 4.18 Å². The zero-order chi connectivity index (χ0) is 17.2. The molecule has 0 aliphatic carbocycles. The average molecular weight is 334 g/mol. The SMILES string of the molecule is Cc1ccc(C(=O)C(O)c2ccccc2)c(OS(C)(=O)=O)c1C. The Morgan fingerprint density at radius 2 is 1.70 bits per heavy atom. The molecule has 0 saturated heterocycles. The molecule has 0 aliphatic heterocycles. The molecule has 0 saturated carbocycles. The highest BCUT2D eigenvalue weighted by molar-refractivity contribution is 7.86. The van der Waals surface area contributed by atoms with Gasteiger partial charge in [0.25, 0.3) is 0 Å². The summed E-state index contributed by atoms with van der Waals surface area (Å²) < 4.78 is 28.0. The number of ketones is 1. The number of benzene rings is 2. The Morgan fingerprint density at radius 3 is 2.26 bits per heavy atom. The van der Waals surface area contributed by atoms with Crippen molar-refractivity contribution in [1.82, 2.24) is 0 Å². The lowest BCUT2D eigenvalue weighted by Gasteiger charge is -2.16. The molecule has 2 aromatic rings. The quantitative estimate of drug-likeness (QED) is 0.671. The van der Waals surface area contributed by atoms with Gasteiger partial charge in [0.2, 0.25) is 0 Å². The first-order valence-electron chi connectivity index (χ1n) is 6.97. The maximum Gasteiger partial charge on any atom is 0.306 e. The number of Topliss-reactive ketones (excluding diaryl/α,β-unsaturated/α-hetero) is 1. The van der Waals surface area contributed by atoms with Gasteiger partial charge >= 0.3 is 10.1 Å². The molecule has 23 heavy (non-hydrogen) atoms. The van der Waals surface area contributed by atoms with Gasteiger partial charge in [-0.3, -0.25) is 4.79 Å². The monoisotopic (exact) mass is 334 g/mol. The van der Waals surface area contributed by atoms with Crippen molar-refractivity contribution in [3.8, 4) is 5.75 Å². The molecule has 2 rings (SSSR count). The minimum Gasteiger partial charge on any atom is -0.382 e. The Bertz CT molecular complexity index is 826. The molecule has 0 spiro atoms. The van der Waals surface area contributed by atoms with Crippen LogP contribution in [0.2, 0.25) is 0 Å². The fourth-order valence-electron chi connectivity index (χ4n) is 2.18. The van der Waals surface area contributed by atoms with Crippen molar-refractivity contribution in [2.75, 3.05) is 6.26 Å². The van der Waals surface area contributed by atoms with E-state index in [1.165, 1.54) is 6.07 Å². The fourth-order valence-corrected chi connectivity index (χ4v) is 2.69. The van der Waals surface area contributed by atoms with Gasteiger partial charge in [0.05, 0.1) is 11.8 Å². The van der Waals surface area contributed by atoms with E-state index in [2.05, 4.69) is 0 Å². The van der Waals surface area contributed by atoms with Crippen molar-refractivity contribution in [3.63, 3.8) is 0 Å². The number of carbonyl (C=O) groups is 1. The summed E-state index contributed by atoms with van der Waals surface area (Å²) in [5, 5.41) is 10.3. The molecule has 1 atom stereocenters. The molecule has 5 nitrogen and oxygen atoms in total. The number of aliphatic hydroxyl groups is 1. The summed E-state index contributed by atoms with van der Waals surface area (Å²) in [4.78, 5) is 12.6. The molecule has 0 amide bonds. The lowest BCUT2D eigenvalue weighted by atomic mass is 9.96. The van der Waals surface area contributed by atoms with Crippen LogP contribution in [0.1, 0.15) is 33.2 Å². The Morgan fingerprint density at radius 1 is 1.09 bits per heavy atom. The molecule has 0 aliphatic rings. The first-order valence-corrected chi connectivity index (χ1v) is 8.79. The Kier molecular flexibility index (Phi) is 4.87. The van der Waals surface area contributed by atoms with Crippen LogP contribution in [0.3, 0.4) is 0 Å². The predicted molar refractivity (Wildman–Crippen MR) is 87.1 cm³/mol. The summed E-state index contributed by atoms with van der Waals surface area (Å²) in [7, 11) is -3.80. The molecule has 6 heteroatoms. The largest absolute Gasteiger partial charge is 0.382 e. The van der Waals surface area contributed by atoms with Crippen LogP contribution in [0.15, 0.2) is 42.5 Å². The minimum absolute atomic E-state index is 0.0347. The van der Waals surface area contributed by atoms with Crippen molar-refractivity contribution < 1.29 is 22.5 Å². The van der Waals surface area contributed by atoms with Crippen molar-refractivity contribution >= 4 is 15.9 Å². The first-order chi connectivity index (χ1) is 10.7. The Balaban J connectivity index is 2.50. The van der Waals surface area contributed by atoms with Crippen molar-refractivity contribution in [2.24, 2.45) is 0 Å². The number of rotatable bonds is 5. The molecule has 0 radical (unpaired) electrons. The van der Waals surface area contributed by atoms with E-state index in [1.54, 1.807) is 50.2 Å². The molecular weight excluding hydrogens is 316 g/mol. The van der Waals surface area contributed by atoms with Gasteiger partial charge in [0, 0.05) is 0 Å². The zero-order valence-electron chi connectivity index (χ0n) is 13.1. The molecule has 0 aromatic heterocycles. The van der Waals surface area contributed by atoms with Gasteiger partial charge in [-0.25, -0.2) is 0 Å². The number of hydrogen-bond donors (Lipinski definition) is 1. The van der Waals surface area contributed by atoms with Crippen LogP contribution in [0.4, 0.5) is 0 Å². The van der Waals surface area contributed by atoms with E-state index in [1.807, 2.05) is 0 Å². The molecule has 1 N–H and O–H groups in total. The smallest absolute Gasteiger partial charge is 0.306 e. The lowest BCUT2D eigenvalue weighted by molar-refractivity contribution is 0.0745. The van der Waals surface area contributed by atoms with E-state index in [-0.39, 0.29) is 11.3 Å². The second kappa shape index (κ2) is 6.52. The van der Waals surface area contributed by atoms with Crippen molar-refractivity contribution in [3.05, 3.63) is 64.7 Å². The summed E-state index contributed by atoms with van der Waals surface area (Å²) in [5.74, 6) is -0.648. The summed E-state index contributed by atoms with van der Waals surface area (Å²) in [6, 6.07) is 11.6. The van der Waals surface area contributed by atoms with Crippen LogP contribution in [-0.4, -0.2) is 25.6 Å². The van der Waals surface area contributed by atoms with E-state index in [4.69, 9.17) is 4.18 Å². The number of carbonyl (C=O) groups excluding carboxylic acids is 1. The van der Waals surface area contributed by atoms with E-state index in [0.717, 1.165) is 11.8 Å². The van der Waals surface area contributed by atoms with Gasteiger partial charge in [0.1, 0.15) is 6.10 Å². The van der Waals surface area contributed by atoms with E-state index in [9.17, 15) is 18.3 Å². The van der Waals surface area contributed by atoms with Gasteiger partial charge in [0.15, 0.2) is 11.5 Å². The zero-order valence-corrected chi connectivity index (χ0v) is 13.9. The number of aryl methyl sites for hydroxylation is 1. The van der Waals surface area contributed by atoms with E-state index >= 15 is 0 Å². The molecular formula is C17H18O5S. The molecule has 0 fully saturated rings. The van der Waals surface area contributed by atoms with Crippen LogP contribution in [0.25, 0.3) is 0 Å². The normalized spacial score (nSPS) is 12.7. The van der Waals surface area contributed by atoms with Gasteiger partial charge < -0.3 is 9.29 Å². The van der Waals surface area contributed by atoms with Gasteiger partial charge in [-0.1, -0.05) is 36.4 Å². The Hall–Kier alpha value is -2.18. The van der Waals surface area contributed by atoms with E-state index < -0.39 is 22.0 Å². The Labute approximate surface area is 135 Å². The maximum atomic E-state index is 12.6.